The summed E-state index contributed by atoms with van der Waals surface area (Å²) in [7, 11) is -3.60. The Hall–Kier alpha value is -1.96. The van der Waals surface area contributed by atoms with Crippen molar-refractivity contribution in [3.63, 3.8) is 0 Å². The van der Waals surface area contributed by atoms with Gasteiger partial charge in [0.2, 0.25) is 15.9 Å². The quantitative estimate of drug-likeness (QED) is 0.494. The minimum Gasteiger partial charge on any atom is -0.492 e. The molecule has 0 bridgehead atoms. The molecule has 0 spiro atoms. The molecule has 6 nitrogen and oxygen atoms in total. The molecule has 0 aliphatic rings. The van der Waals surface area contributed by atoms with Crippen LogP contribution in [0.2, 0.25) is 10.0 Å². The molecule has 0 aliphatic carbocycles. The molecule has 30 heavy (non-hydrogen) atoms. The normalized spacial score (nSPS) is 11.2. The van der Waals surface area contributed by atoms with Crippen LogP contribution in [0.3, 0.4) is 0 Å². The fourth-order valence-corrected chi connectivity index (χ4v) is 4.51. The highest BCUT2D eigenvalue weighted by Gasteiger charge is 2.22. The van der Waals surface area contributed by atoms with Gasteiger partial charge in [0.1, 0.15) is 12.4 Å². The van der Waals surface area contributed by atoms with Gasteiger partial charge in [-0.15, -0.1) is 0 Å². The van der Waals surface area contributed by atoms with Gasteiger partial charge in [0.05, 0.1) is 28.5 Å². The van der Waals surface area contributed by atoms with Crippen molar-refractivity contribution in [3.05, 3.63) is 58.1 Å². The minimum absolute atomic E-state index is 0.0932. The Morgan fingerprint density at radius 2 is 1.73 bits per heavy atom. The van der Waals surface area contributed by atoms with Crippen LogP contribution in [0.1, 0.15) is 25.3 Å². The standard InChI is InChI=1S/C21H26Cl2N2O4S/c1-3-16-9-11-17(12-10-16)29-15-13-24-20(26)8-5-14-25(30(2,27)28)21-18(22)6-4-7-19(21)23/h4,6-7,9-12H,3,5,8,13-15H2,1-2H3,(H,24,26). The molecule has 0 saturated heterocycles. The van der Waals surface area contributed by atoms with E-state index in [0.717, 1.165) is 22.7 Å². The number of halogens is 2. The summed E-state index contributed by atoms with van der Waals surface area (Å²) >= 11 is 12.3. The van der Waals surface area contributed by atoms with Gasteiger partial charge >= 0.3 is 0 Å². The Kier molecular flexibility index (Phi) is 9.27. The number of benzene rings is 2. The molecule has 0 atom stereocenters. The summed E-state index contributed by atoms with van der Waals surface area (Å²) in [6.07, 6.45) is 2.53. The first-order valence-corrected chi connectivity index (χ1v) is 12.2. The number of hydrogen-bond donors (Lipinski definition) is 1. The Labute approximate surface area is 188 Å². The van der Waals surface area contributed by atoms with E-state index in [-0.39, 0.29) is 34.6 Å². The van der Waals surface area contributed by atoms with Crippen molar-refractivity contribution in [2.75, 3.05) is 30.3 Å². The summed E-state index contributed by atoms with van der Waals surface area (Å²) < 4.78 is 31.1. The van der Waals surface area contributed by atoms with Crippen molar-refractivity contribution in [1.29, 1.82) is 0 Å². The molecule has 1 amide bonds. The Balaban J connectivity index is 1.79. The molecule has 0 aliphatic heterocycles. The van der Waals surface area contributed by atoms with Crippen LogP contribution in [0, 0.1) is 0 Å². The smallest absolute Gasteiger partial charge is 0.232 e. The summed E-state index contributed by atoms with van der Waals surface area (Å²) in [6, 6.07) is 12.6. The van der Waals surface area contributed by atoms with Gasteiger partial charge in [0.15, 0.2) is 0 Å². The van der Waals surface area contributed by atoms with Gasteiger partial charge in [-0.3, -0.25) is 9.10 Å². The molecule has 2 aromatic rings. The number of aryl methyl sites for hydroxylation is 1. The maximum absolute atomic E-state index is 12.2. The van der Waals surface area contributed by atoms with Crippen molar-refractivity contribution in [2.45, 2.75) is 26.2 Å². The number of ether oxygens (including phenoxy) is 1. The first kappa shape index (κ1) is 24.3. The fraction of sp³-hybridized carbons (Fsp3) is 0.381. The molecule has 0 heterocycles. The molecule has 2 aromatic carbocycles. The number of amides is 1. The molecule has 1 N–H and O–H groups in total. The van der Waals surface area contributed by atoms with E-state index in [2.05, 4.69) is 12.2 Å². The molecule has 0 radical (unpaired) electrons. The van der Waals surface area contributed by atoms with Crippen molar-refractivity contribution in [3.8, 4) is 5.75 Å². The average Bonchev–Trinajstić information content (AvgIpc) is 2.69. The lowest BCUT2D eigenvalue weighted by Gasteiger charge is -2.24. The topological polar surface area (TPSA) is 75.7 Å². The molecule has 0 saturated carbocycles. The van der Waals surface area contributed by atoms with Gasteiger partial charge in [0, 0.05) is 13.0 Å². The second kappa shape index (κ2) is 11.4. The fourth-order valence-electron chi connectivity index (χ4n) is 2.82. The molecule has 0 unspecified atom stereocenters. The summed E-state index contributed by atoms with van der Waals surface area (Å²) in [4.78, 5) is 12.1. The number of sulfonamides is 1. The van der Waals surface area contributed by atoms with Crippen LogP contribution in [-0.4, -0.2) is 40.3 Å². The van der Waals surface area contributed by atoms with E-state index in [1.807, 2.05) is 24.3 Å². The summed E-state index contributed by atoms with van der Waals surface area (Å²) in [6.45, 7) is 2.89. The zero-order valence-corrected chi connectivity index (χ0v) is 19.4. The molecule has 0 fully saturated rings. The number of nitrogens with zero attached hydrogens (tertiary/aromatic N) is 1. The van der Waals surface area contributed by atoms with Gasteiger partial charge in [-0.1, -0.05) is 48.3 Å². The lowest BCUT2D eigenvalue weighted by Crippen LogP contribution is -2.33. The van der Waals surface area contributed by atoms with Crippen LogP contribution in [0.25, 0.3) is 0 Å². The van der Waals surface area contributed by atoms with E-state index in [1.165, 1.54) is 5.56 Å². The third-order valence-electron chi connectivity index (χ3n) is 4.38. The predicted molar refractivity (Wildman–Crippen MR) is 122 cm³/mol. The minimum atomic E-state index is -3.60. The molecular formula is C21H26Cl2N2O4S. The van der Waals surface area contributed by atoms with Crippen LogP contribution in [0.15, 0.2) is 42.5 Å². The van der Waals surface area contributed by atoms with Gasteiger partial charge in [0.25, 0.3) is 0 Å². The molecular weight excluding hydrogens is 447 g/mol. The highest BCUT2D eigenvalue weighted by Crippen LogP contribution is 2.35. The first-order chi connectivity index (χ1) is 14.2. The van der Waals surface area contributed by atoms with E-state index in [1.54, 1.807) is 18.2 Å². The van der Waals surface area contributed by atoms with Crippen LogP contribution >= 0.6 is 23.2 Å². The highest BCUT2D eigenvalue weighted by atomic mass is 35.5. The van der Waals surface area contributed by atoms with Crippen molar-refractivity contribution >= 4 is 44.8 Å². The van der Waals surface area contributed by atoms with Crippen molar-refractivity contribution in [1.82, 2.24) is 5.32 Å². The SMILES string of the molecule is CCc1ccc(OCCNC(=O)CCCN(c2c(Cl)cccc2Cl)S(C)(=O)=O)cc1. The van der Waals surface area contributed by atoms with E-state index in [0.29, 0.717) is 19.6 Å². The Morgan fingerprint density at radius 1 is 1.10 bits per heavy atom. The Morgan fingerprint density at radius 3 is 2.30 bits per heavy atom. The maximum atomic E-state index is 12.2. The number of carbonyl (C=O) groups excluding carboxylic acids is 1. The summed E-state index contributed by atoms with van der Waals surface area (Å²) in [5, 5.41) is 3.24. The van der Waals surface area contributed by atoms with E-state index >= 15 is 0 Å². The third-order valence-corrected chi connectivity index (χ3v) is 6.15. The van der Waals surface area contributed by atoms with Crippen molar-refractivity contribution < 1.29 is 17.9 Å². The number of carbonyl (C=O) groups is 1. The second-order valence-electron chi connectivity index (χ2n) is 6.70. The number of nitrogens with one attached hydrogen (secondary N) is 1. The predicted octanol–water partition coefficient (Wildman–Crippen LogP) is 4.30. The molecule has 2 rings (SSSR count). The van der Waals surface area contributed by atoms with Crippen LogP contribution < -0.4 is 14.4 Å². The largest absolute Gasteiger partial charge is 0.492 e. The van der Waals surface area contributed by atoms with E-state index in [4.69, 9.17) is 27.9 Å². The number of para-hydroxylation sites is 1. The summed E-state index contributed by atoms with van der Waals surface area (Å²) in [5.74, 6) is 0.570. The average molecular weight is 473 g/mol. The van der Waals surface area contributed by atoms with Gasteiger partial charge in [-0.2, -0.15) is 0 Å². The van der Waals surface area contributed by atoms with Gasteiger partial charge < -0.3 is 10.1 Å². The summed E-state index contributed by atoms with van der Waals surface area (Å²) in [5.41, 5.74) is 1.46. The van der Waals surface area contributed by atoms with Crippen LogP contribution in [0.5, 0.6) is 5.75 Å². The lowest BCUT2D eigenvalue weighted by atomic mass is 10.2. The number of hydrogen-bond acceptors (Lipinski definition) is 4. The molecule has 164 valence electrons. The third kappa shape index (κ3) is 7.38. The molecule has 0 aromatic heterocycles. The van der Waals surface area contributed by atoms with Gasteiger partial charge in [-0.25, -0.2) is 8.42 Å². The highest BCUT2D eigenvalue weighted by molar-refractivity contribution is 7.92. The monoisotopic (exact) mass is 472 g/mol. The maximum Gasteiger partial charge on any atom is 0.232 e. The lowest BCUT2D eigenvalue weighted by molar-refractivity contribution is -0.121. The van der Waals surface area contributed by atoms with Crippen molar-refractivity contribution in [2.24, 2.45) is 0 Å². The first-order valence-electron chi connectivity index (χ1n) is 9.62. The second-order valence-corrected chi connectivity index (χ2v) is 9.43. The molecule has 9 heteroatoms. The van der Waals surface area contributed by atoms with E-state index in [9.17, 15) is 13.2 Å². The Bertz CT molecular complexity index is 930. The van der Waals surface area contributed by atoms with Gasteiger partial charge in [-0.05, 0) is 42.7 Å². The number of rotatable bonds is 11. The van der Waals surface area contributed by atoms with Crippen LogP contribution in [0.4, 0.5) is 5.69 Å². The van der Waals surface area contributed by atoms with E-state index < -0.39 is 10.0 Å². The zero-order chi connectivity index (χ0) is 22.1. The number of anilines is 1. The zero-order valence-electron chi connectivity index (χ0n) is 17.0. The van der Waals surface area contributed by atoms with Crippen LogP contribution in [-0.2, 0) is 21.2 Å².